The van der Waals surface area contributed by atoms with Gasteiger partial charge in [-0.3, -0.25) is 4.79 Å². The summed E-state index contributed by atoms with van der Waals surface area (Å²) in [6.45, 7) is 4.43. The molecule has 0 radical (unpaired) electrons. The van der Waals surface area contributed by atoms with Gasteiger partial charge in [-0.1, -0.05) is 13.0 Å². The molecule has 0 saturated carbocycles. The van der Waals surface area contributed by atoms with E-state index in [9.17, 15) is 4.79 Å². The maximum Gasteiger partial charge on any atom is 0.246 e. The van der Waals surface area contributed by atoms with Crippen LogP contribution in [0, 0.1) is 0 Å². The number of carbonyl (C=O) groups excluding carboxylic acids is 1. The van der Waals surface area contributed by atoms with Gasteiger partial charge in [-0.25, -0.2) is 0 Å². The zero-order valence-corrected chi connectivity index (χ0v) is 8.63. The van der Waals surface area contributed by atoms with E-state index in [1.165, 1.54) is 0 Å². The van der Waals surface area contributed by atoms with Crippen LogP contribution in [-0.4, -0.2) is 10.9 Å². The summed E-state index contributed by atoms with van der Waals surface area (Å²) in [7, 11) is 0. The monoisotopic (exact) mass is 192 g/mol. The minimum Gasteiger partial charge on any atom is -0.367 e. The molecular formula is C11H16N2O. The molecule has 0 aliphatic rings. The third-order valence-corrected chi connectivity index (χ3v) is 1.98. The molecule has 1 heterocycles. The molecule has 2 N–H and O–H groups in total. The number of aromatic amines is 1. The number of allylic oxidation sites excluding steroid dienone is 1. The minimum absolute atomic E-state index is 0.00745. The summed E-state index contributed by atoms with van der Waals surface area (Å²) in [5.74, 6) is 0.00745. The van der Waals surface area contributed by atoms with Crippen molar-refractivity contribution in [1.82, 2.24) is 10.3 Å². The summed E-state index contributed by atoms with van der Waals surface area (Å²) in [4.78, 5) is 14.4. The lowest BCUT2D eigenvalue weighted by Crippen LogP contribution is -2.23. The Morgan fingerprint density at radius 1 is 1.64 bits per heavy atom. The van der Waals surface area contributed by atoms with E-state index >= 15 is 0 Å². The van der Waals surface area contributed by atoms with Gasteiger partial charge in [0.2, 0.25) is 5.91 Å². The van der Waals surface area contributed by atoms with E-state index in [1.54, 1.807) is 0 Å². The molecule has 1 rings (SSSR count). The van der Waals surface area contributed by atoms with Crippen LogP contribution in [0.3, 0.4) is 0 Å². The Kier molecular flexibility index (Phi) is 3.98. The predicted molar refractivity (Wildman–Crippen MR) is 56.7 cm³/mol. The first-order valence-corrected chi connectivity index (χ1v) is 4.80. The van der Waals surface area contributed by atoms with Gasteiger partial charge in [0, 0.05) is 24.5 Å². The summed E-state index contributed by atoms with van der Waals surface area (Å²) in [5, 5.41) is 2.84. The number of rotatable bonds is 4. The van der Waals surface area contributed by atoms with Crippen LogP contribution in [0.15, 0.2) is 30.1 Å². The highest BCUT2D eigenvalue weighted by Crippen LogP contribution is 1.98. The lowest BCUT2D eigenvalue weighted by atomic mass is 10.2. The SMILES string of the molecule is CC/C=C(/C)C(=O)NCc1cc[nH]c1. The first kappa shape index (κ1) is 10.6. The maximum atomic E-state index is 11.4. The average Bonchev–Trinajstić information content (AvgIpc) is 2.67. The first-order valence-electron chi connectivity index (χ1n) is 4.80. The molecule has 1 amide bonds. The van der Waals surface area contributed by atoms with Gasteiger partial charge in [0.25, 0.3) is 0 Å². The molecule has 1 aromatic heterocycles. The van der Waals surface area contributed by atoms with Crippen LogP contribution in [0.1, 0.15) is 25.8 Å². The molecule has 0 spiro atoms. The van der Waals surface area contributed by atoms with Crippen molar-refractivity contribution in [3.63, 3.8) is 0 Å². The van der Waals surface area contributed by atoms with Crippen LogP contribution in [0.2, 0.25) is 0 Å². The second kappa shape index (κ2) is 5.27. The molecule has 3 heteroatoms. The first-order chi connectivity index (χ1) is 6.74. The highest BCUT2D eigenvalue weighted by atomic mass is 16.1. The third-order valence-electron chi connectivity index (χ3n) is 1.98. The molecule has 1 aromatic rings. The predicted octanol–water partition coefficient (Wildman–Crippen LogP) is 1.99. The molecule has 0 unspecified atom stereocenters. The van der Waals surface area contributed by atoms with Crippen LogP contribution in [-0.2, 0) is 11.3 Å². The van der Waals surface area contributed by atoms with Gasteiger partial charge >= 0.3 is 0 Å². The Balaban J connectivity index is 2.39. The number of hydrogen-bond acceptors (Lipinski definition) is 1. The third kappa shape index (κ3) is 3.09. The Morgan fingerprint density at radius 2 is 2.43 bits per heavy atom. The zero-order chi connectivity index (χ0) is 10.4. The van der Waals surface area contributed by atoms with Crippen molar-refractivity contribution in [3.05, 3.63) is 35.7 Å². The highest BCUT2D eigenvalue weighted by Gasteiger charge is 2.02. The largest absolute Gasteiger partial charge is 0.367 e. The number of carbonyl (C=O) groups is 1. The standard InChI is InChI=1S/C11H16N2O/c1-3-4-9(2)11(14)13-8-10-5-6-12-7-10/h4-7,12H,3,8H2,1-2H3,(H,13,14)/b9-4-. The summed E-state index contributed by atoms with van der Waals surface area (Å²) < 4.78 is 0. The normalized spacial score (nSPS) is 11.4. The smallest absolute Gasteiger partial charge is 0.246 e. The van der Waals surface area contributed by atoms with Gasteiger partial charge in [0.1, 0.15) is 0 Å². The second-order valence-electron chi connectivity index (χ2n) is 3.20. The van der Waals surface area contributed by atoms with Gasteiger partial charge in [-0.2, -0.15) is 0 Å². The van der Waals surface area contributed by atoms with Gasteiger partial charge in [0.05, 0.1) is 0 Å². The molecule has 0 aromatic carbocycles. The van der Waals surface area contributed by atoms with Crippen molar-refractivity contribution in [1.29, 1.82) is 0 Å². The molecule has 76 valence electrons. The van der Waals surface area contributed by atoms with E-state index in [0.717, 1.165) is 17.6 Å². The van der Waals surface area contributed by atoms with Crippen molar-refractivity contribution in [3.8, 4) is 0 Å². The van der Waals surface area contributed by atoms with Crippen molar-refractivity contribution in [2.75, 3.05) is 0 Å². The van der Waals surface area contributed by atoms with E-state index in [0.29, 0.717) is 6.54 Å². The topological polar surface area (TPSA) is 44.9 Å². The van der Waals surface area contributed by atoms with Gasteiger partial charge in [-0.15, -0.1) is 0 Å². The molecule has 14 heavy (non-hydrogen) atoms. The minimum atomic E-state index is 0.00745. The van der Waals surface area contributed by atoms with E-state index in [2.05, 4.69) is 10.3 Å². The Morgan fingerprint density at radius 3 is 3.00 bits per heavy atom. The van der Waals surface area contributed by atoms with Gasteiger partial charge in [-0.05, 0) is 25.0 Å². The molecule has 0 saturated heterocycles. The van der Waals surface area contributed by atoms with Crippen LogP contribution in [0.4, 0.5) is 0 Å². The average molecular weight is 192 g/mol. The summed E-state index contributed by atoms with van der Waals surface area (Å²) in [6.07, 6.45) is 6.53. The number of H-pyrrole nitrogens is 1. The van der Waals surface area contributed by atoms with Crippen molar-refractivity contribution >= 4 is 5.91 Å². The van der Waals surface area contributed by atoms with Gasteiger partial charge < -0.3 is 10.3 Å². The second-order valence-corrected chi connectivity index (χ2v) is 3.20. The van der Waals surface area contributed by atoms with Crippen molar-refractivity contribution in [2.45, 2.75) is 26.8 Å². The maximum absolute atomic E-state index is 11.4. The lowest BCUT2D eigenvalue weighted by Gasteiger charge is -2.03. The Labute approximate surface area is 84.2 Å². The van der Waals surface area contributed by atoms with Crippen molar-refractivity contribution in [2.24, 2.45) is 0 Å². The van der Waals surface area contributed by atoms with E-state index < -0.39 is 0 Å². The summed E-state index contributed by atoms with van der Waals surface area (Å²) >= 11 is 0. The van der Waals surface area contributed by atoms with Crippen LogP contribution < -0.4 is 5.32 Å². The number of amides is 1. The Bertz CT molecular complexity index is 312. The quantitative estimate of drug-likeness (QED) is 0.704. The molecule has 0 fully saturated rings. The molecule has 0 bridgehead atoms. The fraction of sp³-hybridized carbons (Fsp3) is 0.364. The van der Waals surface area contributed by atoms with Gasteiger partial charge in [0.15, 0.2) is 0 Å². The molecule has 3 nitrogen and oxygen atoms in total. The zero-order valence-electron chi connectivity index (χ0n) is 8.63. The summed E-state index contributed by atoms with van der Waals surface area (Å²) in [5.41, 5.74) is 1.87. The molecule has 0 aliphatic carbocycles. The van der Waals surface area contributed by atoms with Crippen LogP contribution >= 0.6 is 0 Å². The number of nitrogens with one attached hydrogen (secondary N) is 2. The van der Waals surface area contributed by atoms with Crippen LogP contribution in [0.25, 0.3) is 0 Å². The fourth-order valence-electron chi connectivity index (χ4n) is 1.19. The Hall–Kier alpha value is -1.51. The number of hydrogen-bond donors (Lipinski definition) is 2. The molecule has 0 atom stereocenters. The molecular weight excluding hydrogens is 176 g/mol. The molecule has 0 aliphatic heterocycles. The van der Waals surface area contributed by atoms with E-state index in [-0.39, 0.29) is 5.91 Å². The van der Waals surface area contributed by atoms with E-state index in [4.69, 9.17) is 0 Å². The van der Waals surface area contributed by atoms with Crippen LogP contribution in [0.5, 0.6) is 0 Å². The lowest BCUT2D eigenvalue weighted by molar-refractivity contribution is -0.117. The summed E-state index contributed by atoms with van der Waals surface area (Å²) in [6, 6.07) is 1.94. The highest BCUT2D eigenvalue weighted by molar-refractivity contribution is 5.92. The van der Waals surface area contributed by atoms with E-state index in [1.807, 2.05) is 38.4 Å². The fourth-order valence-corrected chi connectivity index (χ4v) is 1.19. The number of aromatic nitrogens is 1. The van der Waals surface area contributed by atoms with Crippen molar-refractivity contribution < 1.29 is 4.79 Å².